The molecule has 344 valence electrons. The molecule has 0 saturated carbocycles. The van der Waals surface area contributed by atoms with Crippen LogP contribution >= 0.6 is 15.6 Å². The zero-order valence-corrected chi connectivity index (χ0v) is 37.7. The number of phosphoric acid groups is 2. The average Bonchev–Trinajstić information content (AvgIpc) is 3.20. The molecule has 14 nitrogen and oxygen atoms in total. The summed E-state index contributed by atoms with van der Waals surface area (Å²) in [6.45, 7) is 1.43. The van der Waals surface area contributed by atoms with Crippen molar-refractivity contribution in [1.29, 1.82) is 0 Å². The van der Waals surface area contributed by atoms with Crippen molar-refractivity contribution in [2.75, 3.05) is 26.4 Å². The van der Waals surface area contributed by atoms with E-state index in [-0.39, 0.29) is 12.8 Å². The van der Waals surface area contributed by atoms with E-state index in [1.807, 2.05) is 36.5 Å². The molecular formula is C44H74O14P2. The fraction of sp³-hybridized carbons (Fsp3) is 0.636. The Labute approximate surface area is 359 Å². The minimum Gasteiger partial charge on any atom is -0.462 e. The molecule has 0 radical (unpaired) electrons. The highest BCUT2D eigenvalue weighted by molar-refractivity contribution is 7.47. The van der Waals surface area contributed by atoms with E-state index in [0.29, 0.717) is 32.1 Å². The van der Waals surface area contributed by atoms with E-state index in [2.05, 4.69) is 65.4 Å². The molecule has 0 aromatic carbocycles. The largest absolute Gasteiger partial charge is 0.472 e. The summed E-state index contributed by atoms with van der Waals surface area (Å²) >= 11 is 0. The Kier molecular flexibility index (Phi) is 37.3. The zero-order valence-electron chi connectivity index (χ0n) is 35.9. The highest BCUT2D eigenvalue weighted by Gasteiger charge is 2.28. The van der Waals surface area contributed by atoms with Gasteiger partial charge in [-0.3, -0.25) is 23.2 Å². The van der Waals surface area contributed by atoms with E-state index in [0.717, 1.165) is 57.8 Å². The van der Waals surface area contributed by atoms with Crippen molar-refractivity contribution in [2.24, 2.45) is 0 Å². The second kappa shape index (κ2) is 39.1. The molecule has 16 heteroatoms. The SMILES string of the molecule is CC/C=C\C/C=C\C/C=C\CCCCCCCC(=O)O[C@H](COC(=O)CCC/C=C\C/C=C\C=C\[C@H](O)C/C=C\CCCCC)COP(=O)(O)OC[C@@H](O)COP(=O)(O)O. The number of aliphatic hydroxyl groups is 2. The van der Waals surface area contributed by atoms with Crippen LogP contribution in [0, 0.1) is 0 Å². The van der Waals surface area contributed by atoms with Gasteiger partial charge in [0.2, 0.25) is 0 Å². The van der Waals surface area contributed by atoms with Gasteiger partial charge in [-0.2, -0.15) is 0 Å². The first-order chi connectivity index (χ1) is 28.8. The molecule has 0 aromatic rings. The van der Waals surface area contributed by atoms with Crippen LogP contribution in [-0.2, 0) is 41.8 Å². The van der Waals surface area contributed by atoms with Crippen LogP contribution in [0.25, 0.3) is 0 Å². The Morgan fingerprint density at radius 2 is 1.12 bits per heavy atom. The van der Waals surface area contributed by atoms with Crippen LogP contribution in [0.5, 0.6) is 0 Å². The van der Waals surface area contributed by atoms with Crippen LogP contribution in [0.3, 0.4) is 0 Å². The van der Waals surface area contributed by atoms with Crippen LogP contribution < -0.4 is 0 Å². The molecule has 0 saturated heterocycles. The number of rotatable bonds is 39. The van der Waals surface area contributed by atoms with Gasteiger partial charge in [0, 0.05) is 12.8 Å². The monoisotopic (exact) mass is 888 g/mol. The Morgan fingerprint density at radius 1 is 0.567 bits per heavy atom. The molecule has 0 heterocycles. The molecule has 0 amide bonds. The number of allylic oxidation sites excluding steroid dienone is 12. The summed E-state index contributed by atoms with van der Waals surface area (Å²) < 4.78 is 47.6. The number of hydrogen-bond acceptors (Lipinski definition) is 11. The van der Waals surface area contributed by atoms with Gasteiger partial charge < -0.3 is 34.4 Å². The van der Waals surface area contributed by atoms with Crippen molar-refractivity contribution < 1.29 is 66.7 Å². The average molecular weight is 889 g/mol. The number of aliphatic hydroxyl groups excluding tert-OH is 2. The topological polar surface area (TPSA) is 216 Å². The fourth-order valence-corrected chi connectivity index (χ4v) is 6.24. The molecule has 60 heavy (non-hydrogen) atoms. The van der Waals surface area contributed by atoms with Crippen LogP contribution in [0.4, 0.5) is 0 Å². The molecule has 1 unspecified atom stereocenters. The lowest BCUT2D eigenvalue weighted by molar-refractivity contribution is -0.161. The second-order valence-electron chi connectivity index (χ2n) is 14.1. The summed E-state index contributed by atoms with van der Waals surface area (Å²) in [5, 5.41) is 19.8. The van der Waals surface area contributed by atoms with Gasteiger partial charge in [-0.1, -0.05) is 131 Å². The Morgan fingerprint density at radius 3 is 1.80 bits per heavy atom. The van der Waals surface area contributed by atoms with Crippen molar-refractivity contribution >= 4 is 27.6 Å². The molecular weight excluding hydrogens is 814 g/mol. The number of carbonyl (C=O) groups excluding carboxylic acids is 2. The van der Waals surface area contributed by atoms with Crippen LogP contribution in [0.15, 0.2) is 85.1 Å². The maximum Gasteiger partial charge on any atom is 0.472 e. The molecule has 0 rings (SSSR count). The second-order valence-corrected chi connectivity index (χ2v) is 16.8. The molecule has 0 aliphatic rings. The Hall–Kier alpha value is -2.74. The highest BCUT2D eigenvalue weighted by Crippen LogP contribution is 2.43. The van der Waals surface area contributed by atoms with E-state index in [1.165, 1.54) is 19.3 Å². The van der Waals surface area contributed by atoms with E-state index in [4.69, 9.17) is 23.8 Å². The van der Waals surface area contributed by atoms with Crippen LogP contribution in [-0.4, -0.2) is 81.6 Å². The van der Waals surface area contributed by atoms with Gasteiger partial charge in [-0.05, 0) is 77.0 Å². The lowest BCUT2D eigenvalue weighted by Gasteiger charge is -2.20. The Bertz CT molecular complexity index is 1400. The maximum absolute atomic E-state index is 12.6. The maximum atomic E-state index is 12.6. The van der Waals surface area contributed by atoms with Gasteiger partial charge in [0.05, 0.1) is 25.9 Å². The molecule has 0 bridgehead atoms. The van der Waals surface area contributed by atoms with E-state index < -0.39 is 72.3 Å². The third kappa shape index (κ3) is 42.0. The molecule has 0 aromatic heterocycles. The van der Waals surface area contributed by atoms with E-state index in [9.17, 15) is 33.8 Å². The van der Waals surface area contributed by atoms with Crippen molar-refractivity contribution in [3.63, 3.8) is 0 Å². The number of unbranched alkanes of at least 4 members (excludes halogenated alkanes) is 9. The predicted octanol–water partition coefficient (Wildman–Crippen LogP) is 9.75. The van der Waals surface area contributed by atoms with Gasteiger partial charge in [0.1, 0.15) is 12.7 Å². The lowest BCUT2D eigenvalue weighted by atomic mass is 10.1. The summed E-state index contributed by atoms with van der Waals surface area (Å²) in [7, 11) is -9.72. The highest BCUT2D eigenvalue weighted by atomic mass is 31.2. The van der Waals surface area contributed by atoms with Crippen molar-refractivity contribution in [2.45, 2.75) is 154 Å². The van der Waals surface area contributed by atoms with Crippen molar-refractivity contribution in [3.05, 3.63) is 85.1 Å². The first kappa shape index (κ1) is 57.3. The lowest BCUT2D eigenvalue weighted by Crippen LogP contribution is -2.30. The number of hydrogen-bond donors (Lipinski definition) is 5. The van der Waals surface area contributed by atoms with Crippen LogP contribution in [0.1, 0.15) is 136 Å². The van der Waals surface area contributed by atoms with Gasteiger partial charge in [-0.25, -0.2) is 9.13 Å². The molecule has 0 fully saturated rings. The molecule has 0 aliphatic carbocycles. The third-order valence-corrected chi connectivity index (χ3v) is 9.77. The first-order valence-corrected chi connectivity index (χ1v) is 24.4. The number of carbonyl (C=O) groups is 2. The smallest absolute Gasteiger partial charge is 0.462 e. The Balaban J connectivity index is 4.72. The molecule has 0 spiro atoms. The van der Waals surface area contributed by atoms with Crippen LogP contribution in [0.2, 0.25) is 0 Å². The number of esters is 2. The standard InChI is InChI=1S/C44H74O14P2/c1-3-5-7-9-11-12-13-14-15-16-17-18-23-27-31-35-44(48)58-42(39-57-60(52,53)56-37-41(46)36-55-59(49,50)51)38-54-43(47)34-30-26-22-20-19-21-25-29-33-40(45)32-28-24-10-8-6-4-2/h5,7,11-12,14-15,20-22,24-25,28-29,33,40-42,45-46H,3-4,6,8-10,13,16-19,23,26-27,30-32,34-39H2,1-2H3,(H,52,53)(H2,49,50,51)/b7-5-,12-11-,15-14-,22-20-,25-21-,28-24-,33-29+/t40-,41+,42-/m1/s1. The minimum absolute atomic E-state index is 0.0787. The summed E-state index contributed by atoms with van der Waals surface area (Å²) in [5.41, 5.74) is 0. The van der Waals surface area contributed by atoms with Crippen molar-refractivity contribution in [3.8, 4) is 0 Å². The normalized spacial score (nSPS) is 15.4. The summed E-state index contributed by atoms with van der Waals surface area (Å²) in [6, 6.07) is 0. The first-order valence-electron chi connectivity index (χ1n) is 21.4. The minimum atomic E-state index is -4.88. The summed E-state index contributed by atoms with van der Waals surface area (Å²) in [4.78, 5) is 52.6. The van der Waals surface area contributed by atoms with Gasteiger partial charge in [-0.15, -0.1) is 0 Å². The number of phosphoric ester groups is 2. The quantitative estimate of drug-likeness (QED) is 0.0128. The fourth-order valence-electron chi connectivity index (χ4n) is 5.08. The van der Waals surface area contributed by atoms with Crippen molar-refractivity contribution in [1.82, 2.24) is 0 Å². The van der Waals surface area contributed by atoms with E-state index >= 15 is 0 Å². The van der Waals surface area contributed by atoms with Gasteiger partial charge >= 0.3 is 27.6 Å². The molecule has 4 atom stereocenters. The zero-order chi connectivity index (χ0) is 44.6. The third-order valence-electron chi connectivity index (χ3n) is 8.34. The van der Waals surface area contributed by atoms with Gasteiger partial charge in [0.25, 0.3) is 0 Å². The van der Waals surface area contributed by atoms with E-state index in [1.54, 1.807) is 6.08 Å². The molecule has 5 N–H and O–H groups in total. The predicted molar refractivity (Wildman–Crippen MR) is 236 cm³/mol. The summed E-state index contributed by atoms with van der Waals surface area (Å²) in [6.07, 6.45) is 40.4. The molecule has 0 aliphatic heterocycles. The number of ether oxygens (including phenoxy) is 2. The summed E-state index contributed by atoms with van der Waals surface area (Å²) in [5.74, 6) is -1.16. The van der Waals surface area contributed by atoms with Gasteiger partial charge in [0.15, 0.2) is 6.10 Å².